The molecule has 2 aromatic rings. The second-order valence-corrected chi connectivity index (χ2v) is 6.03. The zero-order valence-electron chi connectivity index (χ0n) is 11.6. The molecule has 104 valence electrons. The van der Waals surface area contributed by atoms with Gasteiger partial charge in [-0.25, -0.2) is 0 Å². The Morgan fingerprint density at radius 1 is 1.25 bits per heavy atom. The first-order valence-corrected chi connectivity index (χ1v) is 7.08. The number of carbonyl (C=O) groups is 1. The Morgan fingerprint density at radius 2 is 2.00 bits per heavy atom. The molecule has 0 unspecified atom stereocenters. The van der Waals surface area contributed by atoms with Crippen molar-refractivity contribution in [1.82, 2.24) is 5.32 Å². The molecule has 3 heteroatoms. The SMILES string of the molecule is CC1(CNC(=O)c2ccc3ccccc3c2O)CCC1. The number of hydrogen-bond acceptors (Lipinski definition) is 2. The summed E-state index contributed by atoms with van der Waals surface area (Å²) in [7, 11) is 0. The highest BCUT2D eigenvalue weighted by Crippen LogP contribution is 2.39. The number of aromatic hydroxyl groups is 1. The van der Waals surface area contributed by atoms with E-state index in [1.165, 1.54) is 6.42 Å². The van der Waals surface area contributed by atoms with Crippen molar-refractivity contribution < 1.29 is 9.90 Å². The monoisotopic (exact) mass is 269 g/mol. The minimum atomic E-state index is -0.193. The van der Waals surface area contributed by atoms with Crippen LogP contribution in [0.3, 0.4) is 0 Å². The van der Waals surface area contributed by atoms with Gasteiger partial charge in [0.05, 0.1) is 5.56 Å². The molecule has 0 aliphatic heterocycles. The Balaban J connectivity index is 1.82. The molecule has 0 heterocycles. The molecule has 1 saturated carbocycles. The normalized spacial score (nSPS) is 16.6. The molecule has 0 saturated heterocycles. The fourth-order valence-electron chi connectivity index (χ4n) is 2.78. The van der Waals surface area contributed by atoms with Crippen molar-refractivity contribution in [3.05, 3.63) is 42.0 Å². The molecule has 1 aliphatic rings. The third-order valence-corrected chi connectivity index (χ3v) is 4.38. The molecule has 3 rings (SSSR count). The summed E-state index contributed by atoms with van der Waals surface area (Å²) in [6.45, 7) is 2.87. The maximum absolute atomic E-state index is 12.2. The van der Waals surface area contributed by atoms with E-state index < -0.39 is 0 Å². The van der Waals surface area contributed by atoms with Crippen LogP contribution in [0, 0.1) is 5.41 Å². The first-order valence-electron chi connectivity index (χ1n) is 7.08. The summed E-state index contributed by atoms with van der Waals surface area (Å²) >= 11 is 0. The molecule has 2 aromatic carbocycles. The zero-order valence-corrected chi connectivity index (χ0v) is 11.6. The topological polar surface area (TPSA) is 49.3 Å². The Hall–Kier alpha value is -2.03. The summed E-state index contributed by atoms with van der Waals surface area (Å²) < 4.78 is 0. The van der Waals surface area contributed by atoms with Gasteiger partial charge in [0.1, 0.15) is 5.75 Å². The highest BCUT2D eigenvalue weighted by atomic mass is 16.3. The van der Waals surface area contributed by atoms with E-state index in [0.717, 1.165) is 23.6 Å². The smallest absolute Gasteiger partial charge is 0.255 e. The van der Waals surface area contributed by atoms with Crippen molar-refractivity contribution in [3.8, 4) is 5.75 Å². The van der Waals surface area contributed by atoms with Gasteiger partial charge in [0.2, 0.25) is 0 Å². The van der Waals surface area contributed by atoms with Crippen LogP contribution in [0.5, 0.6) is 5.75 Å². The van der Waals surface area contributed by atoms with Crippen LogP contribution in [-0.2, 0) is 0 Å². The molecule has 1 fully saturated rings. The van der Waals surface area contributed by atoms with E-state index in [1.807, 2.05) is 30.3 Å². The van der Waals surface area contributed by atoms with Gasteiger partial charge in [-0.05, 0) is 29.7 Å². The number of phenolic OH excluding ortho intramolecular Hbond substituents is 1. The van der Waals surface area contributed by atoms with Crippen molar-refractivity contribution >= 4 is 16.7 Å². The largest absolute Gasteiger partial charge is 0.506 e. The fourth-order valence-corrected chi connectivity index (χ4v) is 2.78. The van der Waals surface area contributed by atoms with Crippen LogP contribution in [0.2, 0.25) is 0 Å². The van der Waals surface area contributed by atoms with E-state index in [4.69, 9.17) is 0 Å². The molecule has 20 heavy (non-hydrogen) atoms. The van der Waals surface area contributed by atoms with E-state index in [-0.39, 0.29) is 17.1 Å². The fraction of sp³-hybridized carbons (Fsp3) is 0.353. The minimum Gasteiger partial charge on any atom is -0.506 e. The molecule has 1 amide bonds. The molecular weight excluding hydrogens is 250 g/mol. The van der Waals surface area contributed by atoms with Gasteiger partial charge in [-0.15, -0.1) is 0 Å². The summed E-state index contributed by atoms with van der Waals surface area (Å²) in [6, 6.07) is 11.1. The number of hydrogen-bond donors (Lipinski definition) is 2. The van der Waals surface area contributed by atoms with Crippen LogP contribution in [-0.4, -0.2) is 17.6 Å². The highest BCUT2D eigenvalue weighted by Gasteiger charge is 2.32. The number of rotatable bonds is 3. The Labute approximate surface area is 118 Å². The second-order valence-electron chi connectivity index (χ2n) is 6.03. The maximum Gasteiger partial charge on any atom is 0.255 e. The number of carbonyl (C=O) groups excluding carboxylic acids is 1. The second kappa shape index (κ2) is 4.82. The summed E-state index contributed by atoms with van der Waals surface area (Å²) in [6.07, 6.45) is 3.57. The van der Waals surface area contributed by atoms with Gasteiger partial charge < -0.3 is 10.4 Å². The van der Waals surface area contributed by atoms with Gasteiger partial charge >= 0.3 is 0 Å². The van der Waals surface area contributed by atoms with Gasteiger partial charge in [-0.3, -0.25) is 4.79 Å². The summed E-state index contributed by atoms with van der Waals surface area (Å²) in [5, 5.41) is 14.9. The third-order valence-electron chi connectivity index (χ3n) is 4.38. The number of nitrogens with one attached hydrogen (secondary N) is 1. The van der Waals surface area contributed by atoms with Crippen LogP contribution in [0.4, 0.5) is 0 Å². The van der Waals surface area contributed by atoms with Gasteiger partial charge in [-0.2, -0.15) is 0 Å². The number of phenols is 1. The van der Waals surface area contributed by atoms with Crippen molar-refractivity contribution in [2.45, 2.75) is 26.2 Å². The standard InChI is InChI=1S/C17H19NO2/c1-17(9-4-10-17)11-18-16(20)14-8-7-12-5-2-3-6-13(12)15(14)19/h2-3,5-8,19H,4,9-11H2,1H3,(H,18,20). The van der Waals surface area contributed by atoms with Crippen molar-refractivity contribution in [3.63, 3.8) is 0 Å². The van der Waals surface area contributed by atoms with E-state index in [9.17, 15) is 9.90 Å². The van der Waals surface area contributed by atoms with Gasteiger partial charge in [0, 0.05) is 11.9 Å². The molecule has 1 aliphatic carbocycles. The Morgan fingerprint density at radius 3 is 2.70 bits per heavy atom. The van der Waals surface area contributed by atoms with Crippen LogP contribution in [0.25, 0.3) is 10.8 Å². The molecule has 2 N–H and O–H groups in total. The first kappa shape index (κ1) is 13.0. The highest BCUT2D eigenvalue weighted by molar-refractivity contribution is 6.03. The molecule has 3 nitrogen and oxygen atoms in total. The Bertz CT molecular complexity index is 659. The van der Waals surface area contributed by atoms with Gasteiger partial charge in [0.15, 0.2) is 0 Å². The predicted molar refractivity (Wildman–Crippen MR) is 79.9 cm³/mol. The summed E-state index contributed by atoms with van der Waals surface area (Å²) in [4.78, 5) is 12.2. The van der Waals surface area contributed by atoms with Crippen molar-refractivity contribution in [2.24, 2.45) is 5.41 Å². The van der Waals surface area contributed by atoms with Crippen LogP contribution >= 0.6 is 0 Å². The third kappa shape index (κ3) is 2.24. The molecular formula is C17H19NO2. The lowest BCUT2D eigenvalue weighted by molar-refractivity contribution is 0.0888. The lowest BCUT2D eigenvalue weighted by Gasteiger charge is -2.38. The van der Waals surface area contributed by atoms with Crippen LogP contribution < -0.4 is 5.32 Å². The number of benzene rings is 2. The van der Waals surface area contributed by atoms with Crippen molar-refractivity contribution in [2.75, 3.05) is 6.54 Å². The van der Waals surface area contributed by atoms with E-state index >= 15 is 0 Å². The van der Waals surface area contributed by atoms with Gasteiger partial charge in [0.25, 0.3) is 5.91 Å². The predicted octanol–water partition coefficient (Wildman–Crippen LogP) is 3.47. The van der Waals surface area contributed by atoms with E-state index in [1.54, 1.807) is 6.07 Å². The van der Waals surface area contributed by atoms with Crippen LogP contribution in [0.1, 0.15) is 36.5 Å². The average molecular weight is 269 g/mol. The first-order chi connectivity index (χ1) is 9.59. The molecule has 0 atom stereocenters. The summed E-state index contributed by atoms with van der Waals surface area (Å²) in [5.74, 6) is -0.124. The van der Waals surface area contributed by atoms with Crippen molar-refractivity contribution in [1.29, 1.82) is 0 Å². The van der Waals surface area contributed by atoms with Gasteiger partial charge in [-0.1, -0.05) is 43.7 Å². The average Bonchev–Trinajstić information content (AvgIpc) is 2.43. The number of fused-ring (bicyclic) bond motifs is 1. The molecule has 0 radical (unpaired) electrons. The van der Waals surface area contributed by atoms with Crippen LogP contribution in [0.15, 0.2) is 36.4 Å². The quantitative estimate of drug-likeness (QED) is 0.896. The van der Waals surface area contributed by atoms with E-state index in [0.29, 0.717) is 12.1 Å². The van der Waals surface area contributed by atoms with E-state index in [2.05, 4.69) is 12.2 Å². The lowest BCUT2D eigenvalue weighted by atomic mass is 9.70. The molecule has 0 spiro atoms. The number of amides is 1. The zero-order chi connectivity index (χ0) is 14.2. The maximum atomic E-state index is 12.2. The summed E-state index contributed by atoms with van der Waals surface area (Å²) in [5.41, 5.74) is 0.592. The lowest BCUT2D eigenvalue weighted by Crippen LogP contribution is -2.39. The molecule has 0 aromatic heterocycles. The minimum absolute atomic E-state index is 0.0689. The molecule has 0 bridgehead atoms. The Kier molecular flexibility index (Phi) is 3.13.